The van der Waals surface area contributed by atoms with Gasteiger partial charge in [0.15, 0.2) is 0 Å². The predicted octanol–water partition coefficient (Wildman–Crippen LogP) is 6.45. The fourth-order valence-electron chi connectivity index (χ4n) is 3.91. The Kier molecular flexibility index (Phi) is 9.94. The second-order valence-electron chi connectivity index (χ2n) is 8.22. The number of halogens is 2. The minimum Gasteiger partial charge on any atom is -0.352 e. The molecule has 32 heavy (non-hydrogen) atoms. The molecule has 1 fully saturated rings. The minimum absolute atomic E-state index is 0.0160. The molecule has 172 valence electrons. The summed E-state index contributed by atoms with van der Waals surface area (Å²) in [5.41, 5.74) is 0.996. The molecule has 2 aromatic carbocycles. The lowest BCUT2D eigenvalue weighted by Gasteiger charge is -2.31. The minimum atomic E-state index is -0.524. The highest BCUT2D eigenvalue weighted by molar-refractivity contribution is 9.10. The van der Waals surface area contributed by atoms with Crippen LogP contribution in [0, 0.1) is 0 Å². The van der Waals surface area contributed by atoms with Crippen LogP contribution in [0.3, 0.4) is 0 Å². The van der Waals surface area contributed by atoms with E-state index >= 15 is 0 Å². The molecular formula is C25H30BrClN2O2S. The van der Waals surface area contributed by atoms with Gasteiger partial charge in [0.25, 0.3) is 0 Å². The third-order valence-corrected chi connectivity index (χ3v) is 7.52. The highest BCUT2D eigenvalue weighted by Gasteiger charge is 2.28. The first-order valence-electron chi connectivity index (χ1n) is 11.1. The van der Waals surface area contributed by atoms with Crippen LogP contribution in [0.5, 0.6) is 0 Å². The SMILES string of the molecule is C[C@H](C(=O)NC1CCCCC1)N(Cc1cccc(Br)c1)C(=O)CCSc1ccc(Cl)cc1. The van der Waals surface area contributed by atoms with Gasteiger partial charge >= 0.3 is 0 Å². The highest BCUT2D eigenvalue weighted by Crippen LogP contribution is 2.23. The molecule has 0 saturated heterocycles. The summed E-state index contributed by atoms with van der Waals surface area (Å²) in [5.74, 6) is 0.565. The lowest BCUT2D eigenvalue weighted by Crippen LogP contribution is -2.50. The van der Waals surface area contributed by atoms with Gasteiger partial charge in [0, 0.05) is 39.2 Å². The summed E-state index contributed by atoms with van der Waals surface area (Å²) in [6.45, 7) is 2.24. The number of thioether (sulfide) groups is 1. The van der Waals surface area contributed by atoms with E-state index in [9.17, 15) is 9.59 Å². The first-order chi connectivity index (χ1) is 15.4. The van der Waals surface area contributed by atoms with Crippen molar-refractivity contribution in [1.29, 1.82) is 0 Å². The summed E-state index contributed by atoms with van der Waals surface area (Å²) in [6.07, 6.45) is 5.96. The average Bonchev–Trinajstić information content (AvgIpc) is 2.79. The Morgan fingerprint density at radius 1 is 1.16 bits per heavy atom. The molecule has 1 N–H and O–H groups in total. The molecule has 1 aliphatic carbocycles. The summed E-state index contributed by atoms with van der Waals surface area (Å²) in [4.78, 5) is 29.0. The first kappa shape index (κ1) is 25.1. The van der Waals surface area contributed by atoms with Crippen molar-refractivity contribution < 1.29 is 9.59 Å². The Morgan fingerprint density at radius 2 is 1.88 bits per heavy atom. The topological polar surface area (TPSA) is 49.4 Å². The van der Waals surface area contributed by atoms with Crippen LogP contribution in [0.1, 0.15) is 51.0 Å². The molecule has 0 radical (unpaired) electrons. The van der Waals surface area contributed by atoms with Crippen molar-refractivity contribution >= 4 is 51.1 Å². The number of benzene rings is 2. The van der Waals surface area contributed by atoms with E-state index in [1.54, 1.807) is 16.7 Å². The summed E-state index contributed by atoms with van der Waals surface area (Å²) in [6, 6.07) is 15.2. The van der Waals surface area contributed by atoms with Crippen LogP contribution in [-0.4, -0.2) is 34.6 Å². The van der Waals surface area contributed by atoms with Crippen LogP contribution in [0.15, 0.2) is 57.9 Å². The van der Waals surface area contributed by atoms with Crippen molar-refractivity contribution in [3.05, 3.63) is 63.6 Å². The number of amides is 2. The normalized spacial score (nSPS) is 15.2. The van der Waals surface area contributed by atoms with Gasteiger partial charge in [0.2, 0.25) is 11.8 Å². The fourth-order valence-corrected chi connectivity index (χ4v) is 5.33. The summed E-state index contributed by atoms with van der Waals surface area (Å²) < 4.78 is 0.958. The van der Waals surface area contributed by atoms with Crippen molar-refractivity contribution in [2.45, 2.75) is 69.0 Å². The van der Waals surface area contributed by atoms with Crippen LogP contribution in [0.4, 0.5) is 0 Å². The van der Waals surface area contributed by atoms with E-state index in [1.165, 1.54) is 6.42 Å². The lowest BCUT2D eigenvalue weighted by molar-refractivity contribution is -0.140. The molecule has 0 aliphatic heterocycles. The molecule has 2 amide bonds. The molecule has 1 aliphatic rings. The fraction of sp³-hybridized carbons (Fsp3) is 0.440. The van der Waals surface area contributed by atoms with E-state index < -0.39 is 6.04 Å². The molecule has 0 heterocycles. The second kappa shape index (κ2) is 12.7. The Labute approximate surface area is 208 Å². The number of hydrogen-bond acceptors (Lipinski definition) is 3. The zero-order valence-corrected chi connectivity index (χ0v) is 21.5. The average molecular weight is 538 g/mol. The Bertz CT molecular complexity index is 903. The molecule has 3 rings (SSSR count). The first-order valence-corrected chi connectivity index (χ1v) is 13.3. The van der Waals surface area contributed by atoms with Crippen LogP contribution >= 0.6 is 39.3 Å². The van der Waals surface area contributed by atoms with Gasteiger partial charge in [-0.3, -0.25) is 9.59 Å². The quantitative estimate of drug-likeness (QED) is 0.374. The second-order valence-corrected chi connectivity index (χ2v) is 10.7. The molecule has 2 aromatic rings. The van der Waals surface area contributed by atoms with E-state index in [2.05, 4.69) is 21.2 Å². The highest BCUT2D eigenvalue weighted by atomic mass is 79.9. The summed E-state index contributed by atoms with van der Waals surface area (Å²) >= 11 is 11.1. The molecule has 1 saturated carbocycles. The van der Waals surface area contributed by atoms with E-state index in [4.69, 9.17) is 11.6 Å². The molecular weight excluding hydrogens is 508 g/mol. The number of carbonyl (C=O) groups is 2. The zero-order chi connectivity index (χ0) is 22.9. The van der Waals surface area contributed by atoms with E-state index in [0.717, 1.165) is 40.6 Å². The van der Waals surface area contributed by atoms with Crippen LogP contribution in [0.25, 0.3) is 0 Å². The number of carbonyl (C=O) groups excluding carboxylic acids is 2. The van der Waals surface area contributed by atoms with Crippen molar-refractivity contribution in [3.8, 4) is 0 Å². The summed E-state index contributed by atoms with van der Waals surface area (Å²) in [5, 5.41) is 3.88. The molecule has 7 heteroatoms. The monoisotopic (exact) mass is 536 g/mol. The lowest BCUT2D eigenvalue weighted by atomic mass is 9.95. The van der Waals surface area contributed by atoms with Crippen LogP contribution in [-0.2, 0) is 16.1 Å². The van der Waals surface area contributed by atoms with E-state index in [1.807, 2.05) is 55.5 Å². The number of nitrogens with zero attached hydrogens (tertiary/aromatic N) is 1. The Morgan fingerprint density at radius 3 is 2.56 bits per heavy atom. The third kappa shape index (κ3) is 7.82. The zero-order valence-electron chi connectivity index (χ0n) is 18.4. The molecule has 0 aromatic heterocycles. The van der Waals surface area contributed by atoms with Crippen LogP contribution in [0.2, 0.25) is 5.02 Å². The van der Waals surface area contributed by atoms with Crippen LogP contribution < -0.4 is 5.32 Å². The van der Waals surface area contributed by atoms with Crippen molar-refractivity contribution in [2.24, 2.45) is 0 Å². The standard InChI is InChI=1S/C25H30BrClN2O2S/c1-18(25(31)28-22-8-3-2-4-9-22)29(17-19-6-5-7-20(26)16-19)24(30)14-15-32-23-12-10-21(27)11-13-23/h5-7,10-13,16,18,22H,2-4,8-9,14-15,17H2,1H3,(H,28,31)/t18-/m1/s1. The summed E-state index contributed by atoms with van der Waals surface area (Å²) in [7, 11) is 0. The van der Waals surface area contributed by atoms with Gasteiger partial charge in [-0.25, -0.2) is 0 Å². The van der Waals surface area contributed by atoms with Crippen molar-refractivity contribution in [1.82, 2.24) is 10.2 Å². The largest absolute Gasteiger partial charge is 0.352 e. The maximum Gasteiger partial charge on any atom is 0.242 e. The smallest absolute Gasteiger partial charge is 0.242 e. The molecule has 0 unspecified atom stereocenters. The number of hydrogen-bond donors (Lipinski definition) is 1. The number of rotatable bonds is 9. The van der Waals surface area contributed by atoms with E-state index in [0.29, 0.717) is 23.7 Å². The van der Waals surface area contributed by atoms with Gasteiger partial charge < -0.3 is 10.2 Å². The van der Waals surface area contributed by atoms with E-state index in [-0.39, 0.29) is 17.9 Å². The Balaban J connectivity index is 1.64. The molecule has 1 atom stereocenters. The van der Waals surface area contributed by atoms with Gasteiger partial charge in [-0.15, -0.1) is 11.8 Å². The maximum atomic E-state index is 13.2. The molecule has 0 bridgehead atoms. The van der Waals surface area contributed by atoms with Crippen molar-refractivity contribution in [3.63, 3.8) is 0 Å². The van der Waals surface area contributed by atoms with Gasteiger partial charge in [0.05, 0.1) is 0 Å². The van der Waals surface area contributed by atoms with Gasteiger partial charge in [-0.2, -0.15) is 0 Å². The van der Waals surface area contributed by atoms with Gasteiger partial charge in [-0.1, -0.05) is 58.9 Å². The van der Waals surface area contributed by atoms with Crippen molar-refractivity contribution in [2.75, 3.05) is 5.75 Å². The third-order valence-electron chi connectivity index (χ3n) is 5.76. The Hall–Kier alpha value is -1.50. The molecule has 4 nitrogen and oxygen atoms in total. The van der Waals surface area contributed by atoms with Gasteiger partial charge in [0.1, 0.15) is 6.04 Å². The predicted molar refractivity (Wildman–Crippen MR) is 136 cm³/mol. The molecule has 0 spiro atoms. The maximum absolute atomic E-state index is 13.2. The van der Waals surface area contributed by atoms with Gasteiger partial charge in [-0.05, 0) is 61.7 Å². The number of nitrogens with one attached hydrogen (secondary N) is 1.